The van der Waals surface area contributed by atoms with Crippen molar-refractivity contribution in [3.05, 3.63) is 28.8 Å². The lowest BCUT2D eigenvalue weighted by atomic mass is 9.97. The van der Waals surface area contributed by atoms with Crippen molar-refractivity contribution in [3.8, 4) is 0 Å². The molecular weight excluding hydrogens is 357 g/mol. The van der Waals surface area contributed by atoms with Gasteiger partial charge in [0, 0.05) is 11.6 Å². The van der Waals surface area contributed by atoms with Crippen LogP contribution in [0.25, 0.3) is 0 Å². The number of hydrogen-bond donors (Lipinski definition) is 1. The molecule has 1 aliphatic carbocycles. The third-order valence-electron chi connectivity index (χ3n) is 4.09. The molecule has 0 radical (unpaired) electrons. The van der Waals surface area contributed by atoms with Crippen molar-refractivity contribution in [3.63, 3.8) is 0 Å². The van der Waals surface area contributed by atoms with Gasteiger partial charge in [0.25, 0.3) is 0 Å². The highest BCUT2D eigenvalue weighted by Gasteiger charge is 2.24. The number of sulfonamides is 1. The molecule has 0 heterocycles. The summed E-state index contributed by atoms with van der Waals surface area (Å²) >= 11 is 11.6. The highest BCUT2D eigenvalue weighted by Crippen LogP contribution is 2.25. The van der Waals surface area contributed by atoms with Crippen molar-refractivity contribution < 1.29 is 13.2 Å². The lowest BCUT2D eigenvalue weighted by Gasteiger charge is -2.21. The number of ketones is 1. The molecule has 1 N–H and O–H groups in total. The number of halogens is 2. The Morgan fingerprint density at radius 1 is 1.13 bits per heavy atom. The summed E-state index contributed by atoms with van der Waals surface area (Å²) in [6.07, 6.45) is 7.19. The molecule has 0 unspecified atom stereocenters. The second-order valence-electron chi connectivity index (χ2n) is 5.87. The maximum absolute atomic E-state index is 12.6. The quantitative estimate of drug-likeness (QED) is 0.618. The van der Waals surface area contributed by atoms with Crippen LogP contribution >= 0.6 is 23.2 Å². The van der Waals surface area contributed by atoms with Gasteiger partial charge >= 0.3 is 0 Å². The van der Waals surface area contributed by atoms with E-state index in [-0.39, 0.29) is 33.2 Å². The van der Waals surface area contributed by atoms with Gasteiger partial charge in [-0.1, -0.05) is 43.7 Å². The molecule has 1 aromatic rings. The first-order valence-corrected chi connectivity index (χ1v) is 10.2. The Bertz CT molecular complexity index is 653. The largest absolute Gasteiger partial charge is 0.293 e. The van der Waals surface area contributed by atoms with Crippen LogP contribution in [0.15, 0.2) is 23.1 Å². The van der Waals surface area contributed by atoms with Crippen molar-refractivity contribution >= 4 is 39.0 Å². The van der Waals surface area contributed by atoms with Crippen LogP contribution in [0.2, 0.25) is 5.02 Å². The van der Waals surface area contributed by atoms with Gasteiger partial charge in [-0.05, 0) is 31.0 Å². The van der Waals surface area contributed by atoms with Crippen LogP contribution in [0.4, 0.5) is 0 Å². The van der Waals surface area contributed by atoms with Gasteiger partial charge in [0.15, 0.2) is 5.78 Å². The molecule has 0 atom stereocenters. The molecule has 0 aromatic heterocycles. The summed E-state index contributed by atoms with van der Waals surface area (Å²) in [7, 11) is -3.76. The number of alkyl halides is 1. The number of hydrogen-bond acceptors (Lipinski definition) is 3. The van der Waals surface area contributed by atoms with E-state index in [0.29, 0.717) is 0 Å². The fourth-order valence-corrected chi connectivity index (χ4v) is 4.80. The first-order valence-electron chi connectivity index (χ1n) is 7.85. The molecule has 7 heteroatoms. The standard InChI is InChI=1S/C16H21Cl2NO3S/c17-11-15(20)12-8-9-14(18)16(10-12)23(21,22)19-13-6-4-2-1-3-5-7-13/h8-10,13,19H,1-7,11H2. The van der Waals surface area contributed by atoms with Crippen LogP contribution < -0.4 is 4.72 Å². The van der Waals surface area contributed by atoms with E-state index in [1.54, 1.807) is 0 Å². The second-order valence-corrected chi connectivity index (χ2v) is 8.22. The summed E-state index contributed by atoms with van der Waals surface area (Å²) < 4.78 is 28.0. The van der Waals surface area contributed by atoms with Crippen LogP contribution in [-0.2, 0) is 10.0 Å². The molecule has 1 aromatic carbocycles. The lowest BCUT2D eigenvalue weighted by Crippen LogP contribution is -2.35. The van der Waals surface area contributed by atoms with E-state index in [4.69, 9.17) is 23.2 Å². The van der Waals surface area contributed by atoms with Gasteiger partial charge in [0.2, 0.25) is 10.0 Å². The predicted octanol–water partition coefficient (Wildman–Crippen LogP) is 4.15. The van der Waals surface area contributed by atoms with Crippen molar-refractivity contribution in [1.82, 2.24) is 4.72 Å². The molecule has 0 aliphatic heterocycles. The first-order chi connectivity index (χ1) is 10.9. The fraction of sp³-hybridized carbons (Fsp3) is 0.562. The summed E-state index contributed by atoms with van der Waals surface area (Å²) in [5.41, 5.74) is 0.252. The summed E-state index contributed by atoms with van der Waals surface area (Å²) in [4.78, 5) is 11.6. The molecule has 4 nitrogen and oxygen atoms in total. The molecule has 0 spiro atoms. The molecule has 1 saturated carbocycles. The van der Waals surface area contributed by atoms with Gasteiger partial charge in [-0.3, -0.25) is 4.79 Å². The topological polar surface area (TPSA) is 63.2 Å². The van der Waals surface area contributed by atoms with Crippen LogP contribution in [0.5, 0.6) is 0 Å². The molecule has 0 bridgehead atoms. The minimum Gasteiger partial charge on any atom is -0.293 e. The van der Waals surface area contributed by atoms with Crippen molar-refractivity contribution in [2.24, 2.45) is 0 Å². The summed E-state index contributed by atoms with van der Waals surface area (Å²) in [6.45, 7) is 0. The third-order valence-corrected chi connectivity index (χ3v) is 6.34. The Balaban J connectivity index is 2.22. The van der Waals surface area contributed by atoms with E-state index >= 15 is 0 Å². The maximum Gasteiger partial charge on any atom is 0.242 e. The maximum atomic E-state index is 12.6. The third kappa shape index (κ3) is 5.18. The highest BCUT2D eigenvalue weighted by molar-refractivity contribution is 7.89. The Hall–Kier alpha value is -0.620. The monoisotopic (exact) mass is 377 g/mol. The second kappa shape index (κ2) is 8.47. The predicted molar refractivity (Wildman–Crippen MR) is 92.9 cm³/mol. The van der Waals surface area contributed by atoms with E-state index in [2.05, 4.69) is 4.72 Å². The Labute approximate surface area is 147 Å². The average molecular weight is 378 g/mol. The molecule has 2 rings (SSSR count). The number of nitrogens with one attached hydrogen (secondary N) is 1. The van der Waals surface area contributed by atoms with Gasteiger partial charge < -0.3 is 0 Å². The summed E-state index contributed by atoms with van der Waals surface area (Å²) in [5, 5.41) is 0.106. The van der Waals surface area contributed by atoms with E-state index in [1.165, 1.54) is 24.6 Å². The van der Waals surface area contributed by atoms with Crippen LogP contribution in [-0.4, -0.2) is 26.1 Å². The molecule has 0 amide bonds. The molecule has 1 aliphatic rings. The molecule has 128 valence electrons. The first kappa shape index (κ1) is 18.7. The van der Waals surface area contributed by atoms with E-state index < -0.39 is 10.0 Å². The normalized spacial score (nSPS) is 17.5. The van der Waals surface area contributed by atoms with Crippen molar-refractivity contribution in [2.45, 2.75) is 55.9 Å². The van der Waals surface area contributed by atoms with Gasteiger partial charge in [-0.2, -0.15) is 0 Å². The lowest BCUT2D eigenvalue weighted by molar-refractivity contribution is 0.102. The van der Waals surface area contributed by atoms with Crippen molar-refractivity contribution in [2.75, 3.05) is 5.88 Å². The molecule has 23 heavy (non-hydrogen) atoms. The zero-order valence-electron chi connectivity index (χ0n) is 12.9. The zero-order valence-corrected chi connectivity index (χ0v) is 15.2. The number of carbonyl (C=O) groups is 1. The van der Waals surface area contributed by atoms with E-state index in [9.17, 15) is 13.2 Å². The van der Waals surface area contributed by atoms with Gasteiger partial charge in [-0.25, -0.2) is 13.1 Å². The molecule has 1 fully saturated rings. The molecular formula is C16H21Cl2NO3S. The minimum absolute atomic E-state index is 0.0582. The van der Waals surface area contributed by atoms with Gasteiger partial charge in [-0.15, -0.1) is 11.6 Å². The highest BCUT2D eigenvalue weighted by atomic mass is 35.5. The number of benzene rings is 1. The number of carbonyl (C=O) groups excluding carboxylic acids is 1. The number of rotatable bonds is 5. The zero-order chi connectivity index (χ0) is 16.9. The van der Waals surface area contributed by atoms with Crippen LogP contribution in [0.1, 0.15) is 55.3 Å². The van der Waals surface area contributed by atoms with Crippen LogP contribution in [0, 0.1) is 0 Å². The van der Waals surface area contributed by atoms with Gasteiger partial charge in [0.1, 0.15) is 4.90 Å². The van der Waals surface area contributed by atoms with E-state index in [1.807, 2.05) is 0 Å². The average Bonchev–Trinajstić information content (AvgIpc) is 2.49. The van der Waals surface area contributed by atoms with E-state index in [0.717, 1.165) is 38.5 Å². The Kier molecular flexibility index (Phi) is 6.89. The Morgan fingerprint density at radius 2 is 1.74 bits per heavy atom. The van der Waals surface area contributed by atoms with Crippen LogP contribution in [0.3, 0.4) is 0 Å². The number of Topliss-reactive ketones (excluding diaryl/α,β-unsaturated/α-hetero) is 1. The summed E-state index contributed by atoms with van der Waals surface area (Å²) in [6, 6.07) is 4.14. The Morgan fingerprint density at radius 3 is 2.35 bits per heavy atom. The summed E-state index contributed by atoms with van der Waals surface area (Å²) in [5.74, 6) is -0.525. The smallest absolute Gasteiger partial charge is 0.242 e. The fourth-order valence-electron chi connectivity index (χ4n) is 2.82. The van der Waals surface area contributed by atoms with Gasteiger partial charge in [0.05, 0.1) is 10.9 Å². The van der Waals surface area contributed by atoms with Crippen molar-refractivity contribution in [1.29, 1.82) is 0 Å². The SMILES string of the molecule is O=C(CCl)c1ccc(Cl)c(S(=O)(=O)NC2CCCCCCC2)c1. The minimum atomic E-state index is -3.76. The molecule has 0 saturated heterocycles.